The van der Waals surface area contributed by atoms with E-state index < -0.39 is 11.6 Å². The third-order valence-electron chi connectivity index (χ3n) is 4.34. The Kier molecular flexibility index (Phi) is 4.10. The third-order valence-corrected chi connectivity index (χ3v) is 4.34. The van der Waals surface area contributed by atoms with Crippen LogP contribution in [0.15, 0.2) is 5.10 Å². The molecule has 1 atom stereocenters. The standard InChI is InChI=1S/C14H20N12O2/c1-6-9(11-18-7(2-4-15)22-25(11)21-6)20-14(17)10(12(27)28)24-26-13(14)19-8(23-26)3-5-16/h20-21H,2-5,15-17H2,1H3,(H,27,28). The average Bonchev–Trinajstić information content (AvgIpc) is 3.33. The Morgan fingerprint density at radius 2 is 1.89 bits per heavy atom. The van der Waals surface area contributed by atoms with Gasteiger partial charge in [0, 0.05) is 12.8 Å². The molecule has 14 nitrogen and oxygen atoms in total. The van der Waals surface area contributed by atoms with Crippen LogP contribution in [-0.4, -0.2) is 64.6 Å². The SMILES string of the molecule is Cc1[nH]n2nc(CCN)nc2c1NC1(N)C(C(=O)O)=Nn2nc(CCN)nc21. The normalized spacial score (nSPS) is 18.5. The first-order valence-corrected chi connectivity index (χ1v) is 8.58. The van der Waals surface area contributed by atoms with Crippen LogP contribution < -0.4 is 22.5 Å². The van der Waals surface area contributed by atoms with Gasteiger partial charge in [0.2, 0.25) is 5.66 Å². The Labute approximate surface area is 157 Å². The molecule has 148 valence electrons. The van der Waals surface area contributed by atoms with Crippen LogP contribution >= 0.6 is 0 Å². The molecule has 0 aromatic carbocycles. The van der Waals surface area contributed by atoms with E-state index in [4.69, 9.17) is 17.2 Å². The maximum Gasteiger partial charge on any atom is 0.356 e. The first-order chi connectivity index (χ1) is 13.4. The molecule has 4 heterocycles. The van der Waals surface area contributed by atoms with Crippen LogP contribution in [0.4, 0.5) is 5.69 Å². The van der Waals surface area contributed by atoms with E-state index in [1.165, 1.54) is 4.63 Å². The fourth-order valence-corrected chi connectivity index (χ4v) is 3.06. The van der Waals surface area contributed by atoms with Crippen molar-refractivity contribution in [3.05, 3.63) is 23.2 Å². The minimum atomic E-state index is -1.72. The minimum absolute atomic E-state index is 0.147. The number of aromatic nitrogens is 7. The highest BCUT2D eigenvalue weighted by Gasteiger charge is 2.48. The molecule has 1 aliphatic rings. The smallest absolute Gasteiger partial charge is 0.356 e. The molecule has 4 rings (SSSR count). The number of nitrogens with one attached hydrogen (secondary N) is 2. The lowest BCUT2D eigenvalue weighted by Gasteiger charge is -2.24. The van der Waals surface area contributed by atoms with Crippen LogP contribution in [0.5, 0.6) is 0 Å². The number of rotatable bonds is 7. The van der Waals surface area contributed by atoms with Crippen molar-refractivity contribution in [3.8, 4) is 0 Å². The average molecular weight is 388 g/mol. The second kappa shape index (κ2) is 6.36. The van der Waals surface area contributed by atoms with E-state index in [1.807, 2.05) is 0 Å². The van der Waals surface area contributed by atoms with Crippen LogP contribution in [0, 0.1) is 6.92 Å². The number of nitrogens with two attached hydrogens (primary N) is 3. The summed E-state index contributed by atoms with van der Waals surface area (Å²) in [6.07, 6.45) is 0.911. The van der Waals surface area contributed by atoms with Gasteiger partial charge in [0.05, 0.1) is 5.69 Å². The molecule has 0 amide bonds. The number of carboxylic acids is 1. The van der Waals surface area contributed by atoms with E-state index in [2.05, 4.69) is 35.7 Å². The first kappa shape index (κ1) is 18.0. The predicted molar refractivity (Wildman–Crippen MR) is 97.6 cm³/mol. The molecule has 28 heavy (non-hydrogen) atoms. The molecule has 0 fully saturated rings. The predicted octanol–water partition coefficient (Wildman–Crippen LogP) is -2.51. The van der Waals surface area contributed by atoms with Crippen molar-refractivity contribution in [2.45, 2.75) is 25.4 Å². The Morgan fingerprint density at radius 3 is 2.54 bits per heavy atom. The van der Waals surface area contributed by atoms with Crippen molar-refractivity contribution in [3.63, 3.8) is 0 Å². The quantitative estimate of drug-likeness (QED) is 0.233. The summed E-state index contributed by atoms with van der Waals surface area (Å²) >= 11 is 0. The van der Waals surface area contributed by atoms with Crippen LogP contribution in [0.25, 0.3) is 5.65 Å². The summed E-state index contributed by atoms with van der Waals surface area (Å²) in [4.78, 5) is 21.6. The van der Waals surface area contributed by atoms with E-state index in [9.17, 15) is 9.90 Å². The molecule has 1 aliphatic heterocycles. The second-order valence-corrected chi connectivity index (χ2v) is 6.38. The van der Waals surface area contributed by atoms with E-state index in [-0.39, 0.29) is 11.5 Å². The molecule has 0 saturated heterocycles. The number of aliphatic carboxylic acids is 1. The fourth-order valence-electron chi connectivity index (χ4n) is 3.06. The van der Waals surface area contributed by atoms with Crippen molar-refractivity contribution in [2.75, 3.05) is 18.4 Å². The van der Waals surface area contributed by atoms with E-state index in [0.717, 1.165) is 4.79 Å². The largest absolute Gasteiger partial charge is 0.477 e. The summed E-state index contributed by atoms with van der Waals surface area (Å²) in [7, 11) is 0. The molecular formula is C14H20N12O2. The summed E-state index contributed by atoms with van der Waals surface area (Å²) in [5, 5.41) is 28.1. The van der Waals surface area contributed by atoms with Crippen molar-refractivity contribution in [1.82, 2.24) is 34.7 Å². The molecule has 0 saturated carbocycles. The number of hydrogen-bond acceptors (Lipinski definition) is 10. The molecule has 3 aromatic heterocycles. The Morgan fingerprint density at radius 1 is 1.21 bits per heavy atom. The molecule has 3 aromatic rings. The molecular weight excluding hydrogens is 368 g/mol. The zero-order valence-electron chi connectivity index (χ0n) is 15.0. The number of carboxylic acid groups (broad SMARTS) is 1. The van der Waals surface area contributed by atoms with E-state index >= 15 is 0 Å². The highest BCUT2D eigenvalue weighted by Crippen LogP contribution is 2.30. The number of hydrogen-bond donors (Lipinski definition) is 6. The number of anilines is 1. The van der Waals surface area contributed by atoms with Gasteiger partial charge in [-0.05, 0) is 20.0 Å². The molecule has 9 N–H and O–H groups in total. The summed E-state index contributed by atoms with van der Waals surface area (Å²) in [5.41, 5.74) is 17.1. The van der Waals surface area contributed by atoms with Gasteiger partial charge in [-0.15, -0.1) is 20.1 Å². The Bertz CT molecular complexity index is 1090. The molecule has 0 spiro atoms. The van der Waals surface area contributed by atoms with Gasteiger partial charge in [0.1, 0.15) is 5.69 Å². The monoisotopic (exact) mass is 388 g/mol. The fraction of sp³-hybridized carbons (Fsp3) is 0.429. The van der Waals surface area contributed by atoms with Crippen LogP contribution in [-0.2, 0) is 23.3 Å². The number of carbonyl (C=O) groups is 1. The van der Waals surface area contributed by atoms with Gasteiger partial charge < -0.3 is 21.9 Å². The van der Waals surface area contributed by atoms with Gasteiger partial charge in [0.25, 0.3) is 0 Å². The first-order valence-electron chi connectivity index (χ1n) is 8.58. The molecule has 14 heteroatoms. The molecule has 1 unspecified atom stereocenters. The van der Waals surface area contributed by atoms with Crippen LogP contribution in [0.2, 0.25) is 0 Å². The van der Waals surface area contributed by atoms with Crippen molar-refractivity contribution in [1.29, 1.82) is 0 Å². The third kappa shape index (κ3) is 2.62. The number of H-pyrrole nitrogens is 1. The van der Waals surface area contributed by atoms with Gasteiger partial charge in [0.15, 0.2) is 28.8 Å². The highest BCUT2D eigenvalue weighted by atomic mass is 16.4. The summed E-state index contributed by atoms with van der Waals surface area (Å²) in [6.45, 7) is 2.52. The van der Waals surface area contributed by atoms with Gasteiger partial charge in [-0.1, -0.05) is 0 Å². The van der Waals surface area contributed by atoms with Gasteiger partial charge in [-0.3, -0.25) is 10.8 Å². The summed E-state index contributed by atoms with van der Waals surface area (Å²) in [5.74, 6) is -0.174. The lowest BCUT2D eigenvalue weighted by Crippen LogP contribution is -2.53. The lowest BCUT2D eigenvalue weighted by atomic mass is 10.0. The maximum absolute atomic E-state index is 11.8. The Balaban J connectivity index is 1.79. The number of nitrogens with zero attached hydrogens (tertiary/aromatic N) is 7. The lowest BCUT2D eigenvalue weighted by molar-refractivity contribution is -0.129. The van der Waals surface area contributed by atoms with E-state index in [1.54, 1.807) is 6.92 Å². The van der Waals surface area contributed by atoms with Crippen molar-refractivity contribution >= 4 is 23.0 Å². The topological polar surface area (TPSA) is 216 Å². The van der Waals surface area contributed by atoms with E-state index in [0.29, 0.717) is 54.6 Å². The second-order valence-electron chi connectivity index (χ2n) is 6.38. The maximum atomic E-state index is 11.8. The molecule has 0 aliphatic carbocycles. The summed E-state index contributed by atoms with van der Waals surface area (Å²) < 4.78 is 1.48. The molecule has 0 radical (unpaired) electrons. The molecule has 0 bridgehead atoms. The van der Waals surface area contributed by atoms with Gasteiger partial charge in [-0.25, -0.2) is 14.8 Å². The summed E-state index contributed by atoms with van der Waals surface area (Å²) in [6, 6.07) is 0. The van der Waals surface area contributed by atoms with Crippen LogP contribution in [0.1, 0.15) is 23.2 Å². The number of aryl methyl sites for hydroxylation is 1. The van der Waals surface area contributed by atoms with Gasteiger partial charge in [-0.2, -0.15) is 4.63 Å². The minimum Gasteiger partial charge on any atom is -0.477 e. The van der Waals surface area contributed by atoms with Gasteiger partial charge >= 0.3 is 5.97 Å². The van der Waals surface area contributed by atoms with Crippen molar-refractivity contribution < 1.29 is 9.90 Å². The highest BCUT2D eigenvalue weighted by molar-refractivity contribution is 6.40. The van der Waals surface area contributed by atoms with Crippen molar-refractivity contribution in [2.24, 2.45) is 22.3 Å². The zero-order valence-corrected chi connectivity index (χ0v) is 15.0. The number of fused-ring (bicyclic) bond motifs is 2. The number of aromatic amines is 1. The Hall–Kier alpha value is -3.36. The zero-order chi connectivity index (χ0) is 20.1. The van der Waals surface area contributed by atoms with Crippen LogP contribution in [0.3, 0.4) is 0 Å².